The second-order valence-electron chi connectivity index (χ2n) is 3.91. The third kappa shape index (κ3) is 2.35. The van der Waals surface area contributed by atoms with Gasteiger partial charge in [-0.05, 0) is 23.5 Å². The second kappa shape index (κ2) is 4.81. The molecule has 14 heavy (non-hydrogen) atoms. The van der Waals surface area contributed by atoms with Crippen LogP contribution >= 0.6 is 0 Å². The molecular formula is C13H17N. The predicted octanol–water partition coefficient (Wildman–Crippen LogP) is 3.83. The molecule has 1 heteroatoms. The summed E-state index contributed by atoms with van der Waals surface area (Å²) in [6, 6.07) is 10.7. The largest absolute Gasteiger partial charge is 0.198 e. The molecule has 1 aromatic carbocycles. The van der Waals surface area contributed by atoms with Gasteiger partial charge < -0.3 is 0 Å². The van der Waals surface area contributed by atoms with Crippen LogP contribution in [-0.4, -0.2) is 0 Å². The molecule has 0 spiro atoms. The van der Waals surface area contributed by atoms with E-state index in [-0.39, 0.29) is 5.92 Å². The van der Waals surface area contributed by atoms with Crippen LogP contribution < -0.4 is 0 Å². The van der Waals surface area contributed by atoms with Gasteiger partial charge in [-0.15, -0.1) is 0 Å². The number of nitriles is 1. The van der Waals surface area contributed by atoms with Crippen LogP contribution in [0.3, 0.4) is 0 Å². The van der Waals surface area contributed by atoms with E-state index >= 15 is 0 Å². The number of rotatable bonds is 3. The summed E-state index contributed by atoms with van der Waals surface area (Å²) in [6.45, 7) is 6.40. The van der Waals surface area contributed by atoms with Gasteiger partial charge in [-0.3, -0.25) is 0 Å². The van der Waals surface area contributed by atoms with Crippen LogP contribution in [0.25, 0.3) is 0 Å². The topological polar surface area (TPSA) is 23.8 Å². The second-order valence-corrected chi connectivity index (χ2v) is 3.91. The van der Waals surface area contributed by atoms with Crippen molar-refractivity contribution in [3.63, 3.8) is 0 Å². The van der Waals surface area contributed by atoms with E-state index in [1.54, 1.807) is 0 Å². The lowest BCUT2D eigenvalue weighted by Gasteiger charge is -2.09. The smallest absolute Gasteiger partial charge is 0.0710 e. The van der Waals surface area contributed by atoms with E-state index in [0.717, 1.165) is 12.0 Å². The summed E-state index contributed by atoms with van der Waals surface area (Å²) in [7, 11) is 0. The Balaban J connectivity index is 2.88. The molecule has 0 aromatic heterocycles. The molecule has 0 heterocycles. The molecule has 0 saturated heterocycles. The molecule has 1 aromatic rings. The molecule has 0 saturated carbocycles. The first kappa shape index (κ1) is 10.8. The number of nitrogens with zero attached hydrogens (tertiary/aromatic N) is 1. The lowest BCUT2D eigenvalue weighted by atomic mass is 9.94. The Kier molecular flexibility index (Phi) is 3.71. The maximum absolute atomic E-state index is 8.91. The van der Waals surface area contributed by atoms with Gasteiger partial charge in [0.05, 0.1) is 12.0 Å². The Morgan fingerprint density at radius 1 is 1.14 bits per heavy atom. The summed E-state index contributed by atoms with van der Waals surface area (Å²) in [5.41, 5.74) is 2.47. The minimum absolute atomic E-state index is 0.0520. The maximum Gasteiger partial charge on any atom is 0.0710 e. The van der Waals surface area contributed by atoms with Crippen LogP contribution in [0.1, 0.15) is 50.2 Å². The van der Waals surface area contributed by atoms with Crippen molar-refractivity contribution >= 4 is 0 Å². The van der Waals surface area contributed by atoms with E-state index in [0.29, 0.717) is 5.92 Å². The van der Waals surface area contributed by atoms with Crippen LogP contribution in [-0.2, 0) is 0 Å². The summed E-state index contributed by atoms with van der Waals surface area (Å²) in [4.78, 5) is 0. The van der Waals surface area contributed by atoms with Gasteiger partial charge >= 0.3 is 0 Å². The fraction of sp³-hybridized carbons (Fsp3) is 0.462. The molecular weight excluding hydrogens is 170 g/mol. The summed E-state index contributed by atoms with van der Waals surface area (Å²) < 4.78 is 0. The zero-order valence-corrected chi connectivity index (χ0v) is 9.12. The quantitative estimate of drug-likeness (QED) is 0.705. The highest BCUT2D eigenvalue weighted by Crippen LogP contribution is 2.21. The van der Waals surface area contributed by atoms with E-state index in [2.05, 4.69) is 44.2 Å². The zero-order valence-electron chi connectivity index (χ0n) is 9.12. The molecule has 1 atom stereocenters. The first-order valence-corrected chi connectivity index (χ1v) is 5.18. The lowest BCUT2D eigenvalue weighted by molar-refractivity contribution is 0.812. The van der Waals surface area contributed by atoms with Crippen molar-refractivity contribution < 1.29 is 0 Å². The minimum atomic E-state index is 0.0520. The molecule has 0 aliphatic carbocycles. The molecule has 0 N–H and O–H groups in total. The van der Waals surface area contributed by atoms with Crippen LogP contribution in [0.2, 0.25) is 0 Å². The van der Waals surface area contributed by atoms with Crippen molar-refractivity contribution in [1.29, 1.82) is 5.26 Å². The molecule has 0 amide bonds. The molecule has 1 rings (SSSR count). The van der Waals surface area contributed by atoms with Gasteiger partial charge in [0.1, 0.15) is 0 Å². The molecule has 0 aliphatic heterocycles. The number of hydrogen-bond donors (Lipinski definition) is 0. The lowest BCUT2D eigenvalue weighted by Crippen LogP contribution is -1.94. The fourth-order valence-electron chi connectivity index (χ4n) is 1.51. The fourth-order valence-corrected chi connectivity index (χ4v) is 1.51. The minimum Gasteiger partial charge on any atom is -0.198 e. The average molecular weight is 187 g/mol. The Labute approximate surface area is 86.4 Å². The summed E-state index contributed by atoms with van der Waals surface area (Å²) >= 11 is 0. The number of benzene rings is 1. The third-order valence-electron chi connectivity index (χ3n) is 2.57. The third-order valence-corrected chi connectivity index (χ3v) is 2.57. The Morgan fingerprint density at radius 2 is 1.64 bits per heavy atom. The molecule has 1 unspecified atom stereocenters. The first-order valence-electron chi connectivity index (χ1n) is 5.18. The van der Waals surface area contributed by atoms with E-state index in [1.807, 2.05) is 6.92 Å². The SMILES string of the molecule is CCC(C#N)c1ccc(C(C)C)cc1. The van der Waals surface area contributed by atoms with Gasteiger partial charge in [0.2, 0.25) is 0 Å². The van der Waals surface area contributed by atoms with Gasteiger partial charge in [0, 0.05) is 0 Å². The predicted molar refractivity (Wildman–Crippen MR) is 59.2 cm³/mol. The standard InChI is InChI=1S/C13H17N/c1-4-11(9-14)13-7-5-12(6-8-13)10(2)3/h5-8,10-11H,4H2,1-3H3. The van der Waals surface area contributed by atoms with Crippen molar-refractivity contribution in [3.8, 4) is 6.07 Å². The van der Waals surface area contributed by atoms with Gasteiger partial charge in [0.15, 0.2) is 0 Å². The molecule has 0 radical (unpaired) electrons. The summed E-state index contributed by atoms with van der Waals surface area (Å²) in [6.07, 6.45) is 0.886. The van der Waals surface area contributed by atoms with Crippen molar-refractivity contribution in [3.05, 3.63) is 35.4 Å². The van der Waals surface area contributed by atoms with Gasteiger partial charge in [0.25, 0.3) is 0 Å². The highest BCUT2D eigenvalue weighted by molar-refractivity contribution is 5.29. The molecule has 74 valence electrons. The van der Waals surface area contributed by atoms with Crippen molar-refractivity contribution in [1.82, 2.24) is 0 Å². The Morgan fingerprint density at radius 3 is 2.00 bits per heavy atom. The Hall–Kier alpha value is -1.29. The van der Waals surface area contributed by atoms with Crippen LogP contribution in [0.5, 0.6) is 0 Å². The summed E-state index contributed by atoms with van der Waals surface area (Å²) in [5, 5.41) is 8.91. The zero-order chi connectivity index (χ0) is 10.6. The monoisotopic (exact) mass is 187 g/mol. The number of hydrogen-bond acceptors (Lipinski definition) is 1. The van der Waals surface area contributed by atoms with E-state index in [4.69, 9.17) is 5.26 Å². The van der Waals surface area contributed by atoms with Gasteiger partial charge in [-0.25, -0.2) is 0 Å². The van der Waals surface area contributed by atoms with Crippen LogP contribution in [0, 0.1) is 11.3 Å². The molecule has 0 bridgehead atoms. The van der Waals surface area contributed by atoms with Gasteiger partial charge in [-0.1, -0.05) is 45.0 Å². The normalized spacial score (nSPS) is 12.5. The van der Waals surface area contributed by atoms with Crippen molar-refractivity contribution in [2.45, 2.75) is 39.0 Å². The maximum atomic E-state index is 8.91. The van der Waals surface area contributed by atoms with E-state index in [9.17, 15) is 0 Å². The van der Waals surface area contributed by atoms with Gasteiger partial charge in [-0.2, -0.15) is 5.26 Å². The molecule has 0 fully saturated rings. The van der Waals surface area contributed by atoms with E-state index < -0.39 is 0 Å². The highest BCUT2D eigenvalue weighted by Gasteiger charge is 2.07. The average Bonchev–Trinajstić information content (AvgIpc) is 2.20. The first-order chi connectivity index (χ1) is 6.69. The van der Waals surface area contributed by atoms with Crippen LogP contribution in [0.15, 0.2) is 24.3 Å². The summed E-state index contributed by atoms with van der Waals surface area (Å²) in [5.74, 6) is 0.613. The highest BCUT2D eigenvalue weighted by atomic mass is 14.3. The Bertz CT molecular complexity index is 316. The molecule has 1 nitrogen and oxygen atoms in total. The van der Waals surface area contributed by atoms with Crippen molar-refractivity contribution in [2.75, 3.05) is 0 Å². The molecule has 0 aliphatic rings. The van der Waals surface area contributed by atoms with Crippen molar-refractivity contribution in [2.24, 2.45) is 0 Å². The van der Waals surface area contributed by atoms with Crippen LogP contribution in [0.4, 0.5) is 0 Å². The van der Waals surface area contributed by atoms with E-state index in [1.165, 1.54) is 5.56 Å².